The molecule has 0 aromatic heterocycles. The van der Waals surface area contributed by atoms with Crippen molar-refractivity contribution >= 4 is 0 Å². The summed E-state index contributed by atoms with van der Waals surface area (Å²) in [6, 6.07) is 5.84. The van der Waals surface area contributed by atoms with Crippen molar-refractivity contribution in [1.82, 2.24) is 0 Å². The molecule has 2 unspecified atom stereocenters. The second kappa shape index (κ2) is 4.21. The number of hydrogen-bond donors (Lipinski definition) is 2. The molecule has 0 bridgehead atoms. The van der Waals surface area contributed by atoms with E-state index in [0.717, 1.165) is 29.7 Å². The zero-order chi connectivity index (χ0) is 10.8. The predicted octanol–water partition coefficient (Wildman–Crippen LogP) is 1.56. The molecule has 1 aromatic carbocycles. The molecule has 2 atom stereocenters. The van der Waals surface area contributed by atoms with E-state index in [2.05, 4.69) is 0 Å². The van der Waals surface area contributed by atoms with Crippen LogP contribution in [0.3, 0.4) is 0 Å². The molecule has 0 spiro atoms. The van der Waals surface area contributed by atoms with Gasteiger partial charge in [-0.25, -0.2) is 0 Å². The van der Waals surface area contributed by atoms with Crippen LogP contribution in [0.5, 0.6) is 5.75 Å². The van der Waals surface area contributed by atoms with E-state index in [0.29, 0.717) is 12.5 Å². The summed E-state index contributed by atoms with van der Waals surface area (Å²) in [6.07, 6.45) is 1.32. The Morgan fingerprint density at radius 3 is 3.00 bits per heavy atom. The Kier molecular flexibility index (Phi) is 2.93. The van der Waals surface area contributed by atoms with E-state index in [4.69, 9.17) is 10.5 Å². The van der Waals surface area contributed by atoms with Crippen LogP contribution in [-0.4, -0.2) is 18.8 Å². The Balaban J connectivity index is 2.41. The van der Waals surface area contributed by atoms with Crippen molar-refractivity contribution in [2.24, 2.45) is 5.73 Å². The average Bonchev–Trinajstić information content (AvgIpc) is 2.57. The van der Waals surface area contributed by atoms with Crippen LogP contribution in [0.4, 0.5) is 0 Å². The number of hydrogen-bond acceptors (Lipinski definition) is 3. The summed E-state index contributed by atoms with van der Waals surface area (Å²) in [5.41, 5.74) is 7.74. The van der Waals surface area contributed by atoms with Gasteiger partial charge in [0.15, 0.2) is 0 Å². The molecule has 3 heteroatoms. The molecular formula is C12H17NO2. The maximum Gasteiger partial charge on any atom is 0.122 e. The van der Waals surface area contributed by atoms with Gasteiger partial charge in [0.05, 0.1) is 13.2 Å². The first kappa shape index (κ1) is 10.5. The molecule has 82 valence electrons. The highest BCUT2D eigenvalue weighted by molar-refractivity contribution is 5.47. The molecule has 0 radical (unpaired) electrons. The van der Waals surface area contributed by atoms with E-state index >= 15 is 0 Å². The zero-order valence-corrected chi connectivity index (χ0v) is 8.94. The Labute approximate surface area is 89.9 Å². The van der Waals surface area contributed by atoms with Crippen LogP contribution in [0, 0.1) is 0 Å². The van der Waals surface area contributed by atoms with E-state index < -0.39 is 0 Å². The topological polar surface area (TPSA) is 55.5 Å². The summed E-state index contributed by atoms with van der Waals surface area (Å²) >= 11 is 0. The van der Waals surface area contributed by atoms with Crippen molar-refractivity contribution in [2.45, 2.75) is 24.9 Å². The number of fused-ring (bicyclic) bond motifs is 1. The molecule has 15 heavy (non-hydrogen) atoms. The van der Waals surface area contributed by atoms with Gasteiger partial charge in [-0.2, -0.15) is 0 Å². The van der Waals surface area contributed by atoms with E-state index in [1.807, 2.05) is 18.2 Å². The largest absolute Gasteiger partial charge is 0.496 e. The maximum absolute atomic E-state index is 9.90. The number of ether oxygens (including phenoxy) is 1. The molecule has 2 rings (SSSR count). The van der Waals surface area contributed by atoms with Crippen molar-refractivity contribution in [1.29, 1.82) is 0 Å². The molecule has 3 nitrogen and oxygen atoms in total. The summed E-state index contributed by atoms with van der Waals surface area (Å²) in [5, 5.41) is 9.90. The summed E-state index contributed by atoms with van der Waals surface area (Å²) in [5.74, 6) is 1.22. The number of aliphatic hydroxyl groups is 1. The molecule has 0 saturated carbocycles. The van der Waals surface area contributed by atoms with Gasteiger partial charge in [0.25, 0.3) is 0 Å². The van der Waals surface area contributed by atoms with Crippen molar-refractivity contribution < 1.29 is 9.84 Å². The maximum atomic E-state index is 9.90. The molecule has 0 saturated heterocycles. The SMILES string of the molecule is COc1cccc2c1C(CCN)CC2O. The third-order valence-corrected chi connectivity index (χ3v) is 3.11. The van der Waals surface area contributed by atoms with Crippen molar-refractivity contribution in [3.8, 4) is 5.75 Å². The highest BCUT2D eigenvalue weighted by Crippen LogP contribution is 2.46. The lowest BCUT2D eigenvalue weighted by molar-refractivity contribution is 0.172. The summed E-state index contributed by atoms with van der Waals surface area (Å²) < 4.78 is 5.33. The second-order valence-corrected chi connectivity index (χ2v) is 3.99. The number of benzene rings is 1. The van der Waals surface area contributed by atoms with Gasteiger partial charge in [-0.3, -0.25) is 0 Å². The fourth-order valence-electron chi connectivity index (χ4n) is 2.44. The van der Waals surface area contributed by atoms with Crippen molar-refractivity contribution in [3.05, 3.63) is 29.3 Å². The first-order chi connectivity index (χ1) is 7.27. The number of rotatable bonds is 3. The first-order valence-corrected chi connectivity index (χ1v) is 5.32. The quantitative estimate of drug-likeness (QED) is 0.791. The van der Waals surface area contributed by atoms with Crippen LogP contribution in [0.15, 0.2) is 18.2 Å². The van der Waals surface area contributed by atoms with Gasteiger partial charge in [-0.1, -0.05) is 12.1 Å². The number of aliphatic hydroxyl groups excluding tert-OH is 1. The average molecular weight is 207 g/mol. The zero-order valence-electron chi connectivity index (χ0n) is 8.94. The second-order valence-electron chi connectivity index (χ2n) is 3.99. The fraction of sp³-hybridized carbons (Fsp3) is 0.500. The van der Waals surface area contributed by atoms with E-state index in [1.165, 1.54) is 0 Å². The predicted molar refractivity (Wildman–Crippen MR) is 59.0 cm³/mol. The third kappa shape index (κ3) is 1.73. The Morgan fingerprint density at radius 1 is 1.53 bits per heavy atom. The van der Waals surface area contributed by atoms with Crippen LogP contribution in [0.25, 0.3) is 0 Å². The number of methoxy groups -OCH3 is 1. The molecule has 0 fully saturated rings. The first-order valence-electron chi connectivity index (χ1n) is 5.32. The molecular weight excluding hydrogens is 190 g/mol. The van der Waals surface area contributed by atoms with Gasteiger partial charge in [-0.05, 0) is 36.9 Å². The van der Waals surface area contributed by atoms with Gasteiger partial charge in [0.2, 0.25) is 0 Å². The van der Waals surface area contributed by atoms with Crippen LogP contribution in [0.2, 0.25) is 0 Å². The molecule has 3 N–H and O–H groups in total. The molecule has 0 aliphatic heterocycles. The Bertz CT molecular complexity index is 351. The lowest BCUT2D eigenvalue weighted by Crippen LogP contribution is -2.06. The highest BCUT2D eigenvalue weighted by atomic mass is 16.5. The van der Waals surface area contributed by atoms with Gasteiger partial charge in [0.1, 0.15) is 5.75 Å². The summed E-state index contributed by atoms with van der Waals surface area (Å²) in [6.45, 7) is 0.648. The van der Waals surface area contributed by atoms with Crippen LogP contribution in [-0.2, 0) is 0 Å². The molecule has 1 aliphatic carbocycles. The summed E-state index contributed by atoms with van der Waals surface area (Å²) in [4.78, 5) is 0. The van der Waals surface area contributed by atoms with E-state index in [1.54, 1.807) is 7.11 Å². The Hall–Kier alpha value is -1.06. The monoisotopic (exact) mass is 207 g/mol. The highest BCUT2D eigenvalue weighted by Gasteiger charge is 2.31. The van der Waals surface area contributed by atoms with Gasteiger partial charge in [0, 0.05) is 5.56 Å². The lowest BCUT2D eigenvalue weighted by atomic mass is 9.97. The van der Waals surface area contributed by atoms with Crippen LogP contribution < -0.4 is 10.5 Å². The third-order valence-electron chi connectivity index (χ3n) is 3.11. The standard InChI is InChI=1S/C12H17NO2/c1-15-11-4-2-3-9-10(14)7-8(5-6-13)12(9)11/h2-4,8,10,14H,5-7,13H2,1H3. The molecule has 1 aliphatic rings. The van der Waals surface area contributed by atoms with Gasteiger partial charge < -0.3 is 15.6 Å². The number of nitrogens with two attached hydrogens (primary N) is 1. The van der Waals surface area contributed by atoms with Crippen molar-refractivity contribution in [2.75, 3.05) is 13.7 Å². The minimum absolute atomic E-state index is 0.344. The van der Waals surface area contributed by atoms with E-state index in [-0.39, 0.29) is 6.10 Å². The normalized spacial score (nSPS) is 23.9. The molecule has 0 amide bonds. The lowest BCUT2D eigenvalue weighted by Gasteiger charge is -2.13. The van der Waals surface area contributed by atoms with Gasteiger partial charge >= 0.3 is 0 Å². The summed E-state index contributed by atoms with van der Waals surface area (Å²) in [7, 11) is 1.67. The minimum Gasteiger partial charge on any atom is -0.496 e. The fourth-order valence-corrected chi connectivity index (χ4v) is 2.44. The van der Waals surface area contributed by atoms with Crippen molar-refractivity contribution in [3.63, 3.8) is 0 Å². The van der Waals surface area contributed by atoms with Crippen LogP contribution in [0.1, 0.15) is 36.0 Å². The van der Waals surface area contributed by atoms with Crippen LogP contribution >= 0.6 is 0 Å². The molecule has 1 aromatic rings. The Morgan fingerprint density at radius 2 is 2.33 bits per heavy atom. The minimum atomic E-state index is -0.355. The van der Waals surface area contributed by atoms with Gasteiger partial charge in [-0.15, -0.1) is 0 Å². The smallest absolute Gasteiger partial charge is 0.122 e. The molecule has 0 heterocycles. The van der Waals surface area contributed by atoms with E-state index in [9.17, 15) is 5.11 Å².